The van der Waals surface area contributed by atoms with Crippen LogP contribution in [0.5, 0.6) is 5.75 Å². The van der Waals surface area contributed by atoms with E-state index in [1.54, 1.807) is 24.2 Å². The highest BCUT2D eigenvalue weighted by atomic mass is 32.2. The van der Waals surface area contributed by atoms with Crippen LogP contribution in [-0.2, 0) is 0 Å². The average Bonchev–Trinajstić information content (AvgIpc) is 2.96. The summed E-state index contributed by atoms with van der Waals surface area (Å²) in [5, 5.41) is 0. The van der Waals surface area contributed by atoms with Gasteiger partial charge in [-0.25, -0.2) is 4.98 Å². The predicted octanol–water partition coefficient (Wildman–Crippen LogP) is 3.36. The molecule has 0 atom stereocenters. The number of aromatic nitrogens is 3. The highest BCUT2D eigenvalue weighted by molar-refractivity contribution is 7.98. The Bertz CT molecular complexity index is 787. The maximum Gasteiger partial charge on any atom is 0.148 e. The molecule has 3 rings (SSSR count). The first-order valence-corrected chi connectivity index (χ1v) is 7.58. The molecule has 2 aromatic heterocycles. The summed E-state index contributed by atoms with van der Waals surface area (Å²) in [5.41, 5.74) is 2.65. The van der Waals surface area contributed by atoms with Crippen LogP contribution >= 0.6 is 11.8 Å². The van der Waals surface area contributed by atoms with E-state index in [1.165, 1.54) is 0 Å². The normalized spacial score (nSPS) is 10.5. The Hall–Kier alpha value is -2.45. The molecule has 0 radical (unpaired) electrons. The van der Waals surface area contributed by atoms with E-state index < -0.39 is 0 Å². The summed E-state index contributed by atoms with van der Waals surface area (Å²) in [4.78, 5) is 13.0. The number of thioether (sulfide) groups is 1. The van der Waals surface area contributed by atoms with Crippen LogP contribution in [0.2, 0.25) is 0 Å². The largest absolute Gasteiger partial charge is 0.480 e. The molecule has 1 N–H and O–H groups in total. The maximum atomic E-state index is 5.65. The first-order chi connectivity index (χ1) is 10.3. The maximum absolute atomic E-state index is 5.65. The topological polar surface area (TPSA) is 50.8 Å². The van der Waals surface area contributed by atoms with Crippen molar-refractivity contribution in [3.8, 4) is 29.5 Å². The first kappa shape index (κ1) is 13.5. The lowest BCUT2D eigenvalue weighted by atomic mass is 10.2. The smallest absolute Gasteiger partial charge is 0.148 e. The third-order valence-electron chi connectivity index (χ3n) is 3.04. The lowest BCUT2D eigenvalue weighted by molar-refractivity contribution is 0.371. The highest BCUT2D eigenvalue weighted by Gasteiger charge is 2.12. The fourth-order valence-corrected chi connectivity index (χ4v) is 2.48. The van der Waals surface area contributed by atoms with Crippen LogP contribution in [0, 0.1) is 12.3 Å². The number of nitrogens with one attached hydrogen (secondary N) is 1. The van der Waals surface area contributed by atoms with E-state index in [0.717, 1.165) is 33.1 Å². The van der Waals surface area contributed by atoms with Gasteiger partial charge in [-0.2, -0.15) is 0 Å². The molecule has 0 fully saturated rings. The molecule has 0 saturated carbocycles. The number of terminal acetylenes is 1. The van der Waals surface area contributed by atoms with E-state index >= 15 is 0 Å². The molecule has 0 bridgehead atoms. The van der Waals surface area contributed by atoms with Gasteiger partial charge in [0.15, 0.2) is 0 Å². The van der Waals surface area contributed by atoms with Crippen molar-refractivity contribution in [2.24, 2.45) is 0 Å². The van der Waals surface area contributed by atoms with Crippen molar-refractivity contribution in [3.05, 3.63) is 36.7 Å². The molecule has 0 aliphatic heterocycles. The molecule has 21 heavy (non-hydrogen) atoms. The van der Waals surface area contributed by atoms with Crippen LogP contribution in [0.4, 0.5) is 0 Å². The van der Waals surface area contributed by atoms with Crippen LogP contribution in [0.15, 0.2) is 41.6 Å². The SMILES string of the molecule is C#CCOc1cc(SC)ccc1-c1nc2ccncc2[nH]1. The van der Waals surface area contributed by atoms with Crippen LogP contribution in [0.25, 0.3) is 22.4 Å². The van der Waals surface area contributed by atoms with E-state index in [0.29, 0.717) is 0 Å². The van der Waals surface area contributed by atoms with Gasteiger partial charge in [-0.3, -0.25) is 4.98 Å². The standard InChI is InChI=1S/C16H13N3OS/c1-3-8-20-15-9-11(21-2)4-5-12(15)16-18-13-6-7-17-10-14(13)19-16/h1,4-7,9-10H,8H2,2H3,(H,18,19). The highest BCUT2D eigenvalue weighted by Crippen LogP contribution is 2.32. The third kappa shape index (κ3) is 2.71. The minimum absolute atomic E-state index is 0.229. The Kier molecular flexibility index (Phi) is 3.80. The second kappa shape index (κ2) is 5.90. The van der Waals surface area contributed by atoms with Gasteiger partial charge >= 0.3 is 0 Å². The van der Waals surface area contributed by atoms with Crippen LogP contribution in [-0.4, -0.2) is 27.8 Å². The molecule has 0 amide bonds. The van der Waals surface area contributed by atoms with E-state index in [9.17, 15) is 0 Å². The number of benzene rings is 1. The second-order valence-corrected chi connectivity index (χ2v) is 5.21. The van der Waals surface area contributed by atoms with Gasteiger partial charge in [0.05, 0.1) is 22.8 Å². The van der Waals surface area contributed by atoms with Crippen molar-refractivity contribution in [2.45, 2.75) is 4.90 Å². The Morgan fingerprint density at radius 2 is 2.29 bits per heavy atom. The van der Waals surface area contributed by atoms with Crippen LogP contribution in [0.3, 0.4) is 0 Å². The molecule has 0 saturated heterocycles. The zero-order valence-corrected chi connectivity index (χ0v) is 12.3. The molecule has 0 spiro atoms. The Morgan fingerprint density at radius 3 is 3.05 bits per heavy atom. The number of hydrogen-bond donors (Lipinski definition) is 1. The molecule has 5 heteroatoms. The second-order valence-electron chi connectivity index (χ2n) is 4.33. The zero-order valence-electron chi connectivity index (χ0n) is 11.5. The summed E-state index contributed by atoms with van der Waals surface area (Å²) in [7, 11) is 0. The molecule has 0 unspecified atom stereocenters. The monoisotopic (exact) mass is 295 g/mol. The first-order valence-electron chi connectivity index (χ1n) is 6.36. The van der Waals surface area contributed by atoms with Crippen LogP contribution in [0.1, 0.15) is 0 Å². The predicted molar refractivity (Wildman–Crippen MR) is 85.4 cm³/mol. The summed E-state index contributed by atoms with van der Waals surface area (Å²) in [5.74, 6) is 3.97. The van der Waals surface area contributed by atoms with Gasteiger partial charge in [0, 0.05) is 11.1 Å². The van der Waals surface area contributed by atoms with Crippen molar-refractivity contribution in [3.63, 3.8) is 0 Å². The van der Waals surface area contributed by atoms with E-state index in [4.69, 9.17) is 11.2 Å². The number of aromatic amines is 1. The van der Waals surface area contributed by atoms with Crippen molar-refractivity contribution in [1.29, 1.82) is 0 Å². The molecular formula is C16H13N3OS. The number of H-pyrrole nitrogens is 1. The summed E-state index contributed by atoms with van der Waals surface area (Å²) in [6, 6.07) is 7.87. The van der Waals surface area contributed by atoms with Crippen molar-refractivity contribution >= 4 is 22.8 Å². The summed E-state index contributed by atoms with van der Waals surface area (Å²) in [6.45, 7) is 0.229. The van der Waals surface area contributed by atoms with Crippen LogP contribution < -0.4 is 4.74 Å². The van der Waals surface area contributed by atoms with Gasteiger partial charge in [0.2, 0.25) is 0 Å². The molecular weight excluding hydrogens is 282 g/mol. The van der Waals surface area contributed by atoms with Gasteiger partial charge in [-0.1, -0.05) is 5.92 Å². The molecule has 4 nitrogen and oxygen atoms in total. The summed E-state index contributed by atoms with van der Waals surface area (Å²) < 4.78 is 5.65. The fraction of sp³-hybridized carbons (Fsp3) is 0.125. The Morgan fingerprint density at radius 1 is 1.38 bits per heavy atom. The van der Waals surface area contributed by atoms with Gasteiger partial charge in [-0.05, 0) is 30.5 Å². The number of fused-ring (bicyclic) bond motifs is 1. The van der Waals surface area contributed by atoms with E-state index in [2.05, 4.69) is 20.9 Å². The summed E-state index contributed by atoms with van der Waals surface area (Å²) in [6.07, 6.45) is 10.8. The molecule has 0 aliphatic rings. The zero-order chi connectivity index (χ0) is 14.7. The van der Waals surface area contributed by atoms with Gasteiger partial charge in [0.25, 0.3) is 0 Å². The van der Waals surface area contributed by atoms with E-state index in [1.807, 2.05) is 30.5 Å². The van der Waals surface area contributed by atoms with E-state index in [-0.39, 0.29) is 6.61 Å². The van der Waals surface area contributed by atoms with Crippen molar-refractivity contribution in [2.75, 3.05) is 12.9 Å². The quantitative estimate of drug-likeness (QED) is 0.592. The van der Waals surface area contributed by atoms with Gasteiger partial charge in [-0.15, -0.1) is 18.2 Å². The number of pyridine rings is 1. The Balaban J connectivity index is 2.09. The molecule has 1 aromatic carbocycles. The minimum atomic E-state index is 0.229. The lowest BCUT2D eigenvalue weighted by Crippen LogP contribution is -1.96. The third-order valence-corrected chi connectivity index (χ3v) is 3.76. The van der Waals surface area contributed by atoms with Gasteiger partial charge < -0.3 is 9.72 Å². The number of ether oxygens (including phenoxy) is 1. The van der Waals surface area contributed by atoms with Gasteiger partial charge in [0.1, 0.15) is 18.2 Å². The van der Waals surface area contributed by atoms with Crippen molar-refractivity contribution in [1.82, 2.24) is 15.0 Å². The number of nitrogens with zero attached hydrogens (tertiary/aromatic N) is 2. The Labute approximate surface area is 127 Å². The molecule has 2 heterocycles. The van der Waals surface area contributed by atoms with Crippen molar-refractivity contribution < 1.29 is 4.74 Å². The summed E-state index contributed by atoms with van der Waals surface area (Å²) >= 11 is 1.65. The minimum Gasteiger partial charge on any atom is -0.480 e. The molecule has 0 aliphatic carbocycles. The fourth-order valence-electron chi connectivity index (χ4n) is 2.05. The average molecular weight is 295 g/mol. The lowest BCUT2D eigenvalue weighted by Gasteiger charge is -2.09. The number of imidazole rings is 1. The molecule has 104 valence electrons. The molecule has 3 aromatic rings. The number of rotatable bonds is 4. The number of hydrogen-bond acceptors (Lipinski definition) is 4.